The lowest BCUT2D eigenvalue weighted by atomic mass is 9.48. The summed E-state index contributed by atoms with van der Waals surface area (Å²) in [5.74, 6) is 3.55. The van der Waals surface area contributed by atoms with Crippen molar-refractivity contribution in [2.75, 3.05) is 6.54 Å². The fourth-order valence-electron chi connectivity index (χ4n) is 8.86. The van der Waals surface area contributed by atoms with E-state index in [0.717, 1.165) is 44.6 Å². The Kier molecular flexibility index (Phi) is 5.26. The molecule has 0 aromatic rings. The summed E-state index contributed by atoms with van der Waals surface area (Å²) in [4.78, 5) is 13.5. The van der Waals surface area contributed by atoms with E-state index in [1.54, 1.807) is 5.57 Å². The molecule has 1 aliphatic heterocycles. The summed E-state index contributed by atoms with van der Waals surface area (Å²) >= 11 is 0. The summed E-state index contributed by atoms with van der Waals surface area (Å²) in [6.07, 6.45) is 11.0. The van der Waals surface area contributed by atoms with Crippen LogP contribution in [0.3, 0.4) is 0 Å². The molecule has 5 aliphatic rings. The highest BCUT2D eigenvalue weighted by Gasteiger charge is 2.58. The molecule has 3 nitrogen and oxygen atoms in total. The lowest BCUT2D eigenvalue weighted by Crippen LogP contribution is -2.50. The molecule has 0 spiro atoms. The Morgan fingerprint density at radius 2 is 1.90 bits per heavy atom. The van der Waals surface area contributed by atoms with Gasteiger partial charge in [0.25, 0.3) is 0 Å². The van der Waals surface area contributed by atoms with Gasteiger partial charge in [0.2, 0.25) is 0 Å². The quantitative estimate of drug-likeness (QED) is 0.648. The van der Waals surface area contributed by atoms with Crippen molar-refractivity contribution >= 4 is 5.78 Å². The van der Waals surface area contributed by atoms with Crippen molar-refractivity contribution in [3.05, 3.63) is 11.1 Å². The minimum absolute atomic E-state index is 0.0878. The molecular formula is C27H43NO2. The summed E-state index contributed by atoms with van der Waals surface area (Å²) in [5.41, 5.74) is 3.23. The summed E-state index contributed by atoms with van der Waals surface area (Å²) in [6.45, 7) is 10.8. The van der Waals surface area contributed by atoms with E-state index in [1.165, 1.54) is 37.7 Å². The van der Waals surface area contributed by atoms with Crippen molar-refractivity contribution < 1.29 is 9.90 Å². The van der Waals surface area contributed by atoms with Gasteiger partial charge in [0.05, 0.1) is 6.10 Å². The first-order valence-electron chi connectivity index (χ1n) is 12.9. The van der Waals surface area contributed by atoms with E-state index in [2.05, 4.69) is 33.0 Å². The van der Waals surface area contributed by atoms with Gasteiger partial charge in [-0.15, -0.1) is 0 Å². The molecule has 0 radical (unpaired) electrons. The van der Waals surface area contributed by atoms with Crippen LogP contribution in [0.25, 0.3) is 0 Å². The van der Waals surface area contributed by atoms with Gasteiger partial charge >= 0.3 is 0 Å². The molecule has 4 aliphatic carbocycles. The normalized spacial score (nSPS) is 50.0. The number of piperidine rings is 1. The van der Waals surface area contributed by atoms with Crippen molar-refractivity contribution in [3.63, 3.8) is 0 Å². The standard InChI is InChI=1S/C27H43NO2/c1-16-5-8-23(28-15-16)17(2)22-14-24(30)25-20-7-6-18-13-19(29)9-11-26(18,3)21(20)10-12-27(22,25)4/h16-19,21-23,28-29H,5-15H2,1-4H3/t16-,17+,18-,19+,21+,22-,23+,26+,27-/m1/s1. The summed E-state index contributed by atoms with van der Waals surface area (Å²) < 4.78 is 0. The summed E-state index contributed by atoms with van der Waals surface area (Å²) in [6, 6.07) is 0.575. The van der Waals surface area contributed by atoms with Crippen LogP contribution in [0.15, 0.2) is 11.1 Å². The third-order valence-electron chi connectivity index (χ3n) is 10.8. The number of carbonyl (C=O) groups is 1. The topological polar surface area (TPSA) is 49.3 Å². The lowest BCUT2D eigenvalue weighted by molar-refractivity contribution is -0.115. The van der Waals surface area contributed by atoms with Crippen LogP contribution in [0.5, 0.6) is 0 Å². The second-order valence-corrected chi connectivity index (χ2v) is 12.4. The van der Waals surface area contributed by atoms with Crippen LogP contribution in [0.2, 0.25) is 0 Å². The number of hydrogen-bond donors (Lipinski definition) is 2. The minimum atomic E-state index is -0.102. The summed E-state index contributed by atoms with van der Waals surface area (Å²) in [7, 11) is 0. The Hall–Kier alpha value is -0.670. The van der Waals surface area contributed by atoms with Crippen molar-refractivity contribution in [2.24, 2.45) is 40.4 Å². The van der Waals surface area contributed by atoms with Crippen molar-refractivity contribution in [1.29, 1.82) is 0 Å². The highest BCUT2D eigenvalue weighted by Crippen LogP contribution is 2.65. The van der Waals surface area contributed by atoms with Gasteiger partial charge in [-0.1, -0.05) is 33.3 Å². The van der Waals surface area contributed by atoms with Crippen LogP contribution in [-0.2, 0) is 4.79 Å². The number of aliphatic hydroxyl groups is 1. The Labute approximate surface area is 183 Å². The molecule has 2 N–H and O–H groups in total. The molecular weight excluding hydrogens is 370 g/mol. The van der Waals surface area contributed by atoms with Gasteiger partial charge in [0.15, 0.2) is 5.78 Å². The number of Topliss-reactive ketones (excluding diaryl/α,β-unsaturated/α-hetero) is 1. The van der Waals surface area contributed by atoms with Gasteiger partial charge in [-0.25, -0.2) is 0 Å². The number of fused-ring (bicyclic) bond motifs is 4. The average molecular weight is 414 g/mol. The van der Waals surface area contributed by atoms with Gasteiger partial charge in [0.1, 0.15) is 0 Å². The first-order chi connectivity index (χ1) is 14.2. The molecule has 0 unspecified atom stereocenters. The smallest absolute Gasteiger partial charge is 0.159 e. The molecule has 0 aromatic carbocycles. The maximum atomic E-state index is 13.5. The number of carbonyl (C=O) groups excluding carboxylic acids is 1. The predicted molar refractivity (Wildman–Crippen MR) is 121 cm³/mol. The van der Waals surface area contributed by atoms with E-state index in [0.29, 0.717) is 40.9 Å². The number of allylic oxidation sites excluding steroid dienone is 2. The number of rotatable bonds is 2. The Balaban J connectivity index is 1.45. The zero-order valence-corrected chi connectivity index (χ0v) is 19.7. The Morgan fingerprint density at radius 1 is 1.10 bits per heavy atom. The number of hydrogen-bond acceptors (Lipinski definition) is 3. The molecule has 3 heteroatoms. The monoisotopic (exact) mass is 413 g/mol. The molecule has 168 valence electrons. The van der Waals surface area contributed by atoms with E-state index in [1.807, 2.05) is 0 Å². The average Bonchev–Trinajstić information content (AvgIpc) is 2.99. The van der Waals surface area contributed by atoms with E-state index >= 15 is 0 Å². The molecule has 9 atom stereocenters. The van der Waals surface area contributed by atoms with Crippen molar-refractivity contribution in [2.45, 2.75) is 104 Å². The Bertz CT molecular complexity index is 735. The molecule has 1 heterocycles. The fraction of sp³-hybridized carbons (Fsp3) is 0.889. The fourth-order valence-corrected chi connectivity index (χ4v) is 8.86. The van der Waals surface area contributed by atoms with Gasteiger partial charge in [-0.3, -0.25) is 4.79 Å². The molecule has 0 aromatic heterocycles. The van der Waals surface area contributed by atoms with Crippen molar-refractivity contribution in [1.82, 2.24) is 5.32 Å². The first-order valence-corrected chi connectivity index (χ1v) is 12.9. The number of ketones is 1. The largest absolute Gasteiger partial charge is 0.393 e. The van der Waals surface area contributed by atoms with E-state index in [9.17, 15) is 9.90 Å². The van der Waals surface area contributed by atoms with E-state index in [4.69, 9.17) is 0 Å². The lowest BCUT2D eigenvalue weighted by Gasteiger charge is -2.56. The van der Waals surface area contributed by atoms with Crippen LogP contribution in [0, 0.1) is 40.4 Å². The molecule has 30 heavy (non-hydrogen) atoms. The summed E-state index contributed by atoms with van der Waals surface area (Å²) in [5, 5.41) is 14.1. The molecule has 3 saturated carbocycles. The zero-order chi connectivity index (χ0) is 21.3. The third kappa shape index (κ3) is 3.09. The SMILES string of the molecule is C[C@@H]1CC[C@@H]([C@@H](C)[C@H]2CC(=O)C3=C4CC[C@@H]5C[C@@H](O)CC[C@]5(C)[C@H]4CC[C@@]32C)NC1. The molecule has 0 amide bonds. The number of aliphatic hydroxyl groups excluding tert-OH is 1. The first kappa shape index (κ1) is 21.2. The zero-order valence-electron chi connectivity index (χ0n) is 19.7. The van der Waals surface area contributed by atoms with Crippen LogP contribution in [-0.4, -0.2) is 29.6 Å². The molecule has 4 fully saturated rings. The number of nitrogens with one attached hydrogen (secondary N) is 1. The highest BCUT2D eigenvalue weighted by molar-refractivity contribution is 6.00. The van der Waals surface area contributed by atoms with Crippen LogP contribution in [0.4, 0.5) is 0 Å². The van der Waals surface area contributed by atoms with Crippen LogP contribution in [0.1, 0.15) is 91.9 Å². The van der Waals surface area contributed by atoms with Gasteiger partial charge in [0, 0.05) is 18.0 Å². The Morgan fingerprint density at radius 3 is 2.63 bits per heavy atom. The highest BCUT2D eigenvalue weighted by atomic mass is 16.3. The predicted octanol–water partition coefficient (Wildman–Crippen LogP) is 5.27. The maximum Gasteiger partial charge on any atom is 0.159 e. The maximum absolute atomic E-state index is 13.5. The van der Waals surface area contributed by atoms with Crippen molar-refractivity contribution in [3.8, 4) is 0 Å². The van der Waals surface area contributed by atoms with E-state index in [-0.39, 0.29) is 11.5 Å². The van der Waals surface area contributed by atoms with Gasteiger partial charge in [-0.05, 0) is 105 Å². The van der Waals surface area contributed by atoms with Gasteiger partial charge in [-0.2, -0.15) is 0 Å². The van der Waals surface area contributed by atoms with Gasteiger partial charge < -0.3 is 10.4 Å². The second-order valence-electron chi connectivity index (χ2n) is 12.4. The van der Waals surface area contributed by atoms with E-state index < -0.39 is 0 Å². The van der Waals surface area contributed by atoms with Crippen LogP contribution < -0.4 is 5.32 Å². The van der Waals surface area contributed by atoms with Crippen LogP contribution >= 0.6 is 0 Å². The molecule has 1 saturated heterocycles. The third-order valence-corrected chi connectivity index (χ3v) is 10.8. The molecule has 5 rings (SSSR count). The minimum Gasteiger partial charge on any atom is -0.393 e. The second kappa shape index (κ2) is 7.44. The molecule has 0 bridgehead atoms.